The Bertz CT molecular complexity index is 1230. The SMILES string of the molecule is CC[C@@]12CCC3(O1)C(C(=O)Nc1ccccc1Cl)N(CCCCCCO)C(=O)[C@@H]3[C@@H]2C(=O)Nc1ccccc1. The highest BCUT2D eigenvalue weighted by Gasteiger charge is 2.78. The van der Waals surface area contributed by atoms with Gasteiger partial charge in [0.15, 0.2) is 0 Å². The lowest BCUT2D eigenvalue weighted by molar-refractivity contribution is -0.144. The van der Waals surface area contributed by atoms with Gasteiger partial charge in [0.05, 0.1) is 28.1 Å². The molecule has 5 rings (SSSR count). The van der Waals surface area contributed by atoms with E-state index in [1.807, 2.05) is 37.3 Å². The number of anilines is 2. The van der Waals surface area contributed by atoms with Crippen molar-refractivity contribution < 1.29 is 24.2 Å². The Morgan fingerprint density at radius 3 is 2.44 bits per heavy atom. The van der Waals surface area contributed by atoms with Crippen LogP contribution in [0.2, 0.25) is 5.02 Å². The Morgan fingerprint density at radius 1 is 1.00 bits per heavy atom. The van der Waals surface area contributed by atoms with Crippen LogP contribution in [0.4, 0.5) is 11.4 Å². The molecule has 0 radical (unpaired) electrons. The van der Waals surface area contributed by atoms with Crippen molar-refractivity contribution >= 4 is 40.7 Å². The Morgan fingerprint density at radius 2 is 1.72 bits per heavy atom. The molecule has 3 saturated heterocycles. The summed E-state index contributed by atoms with van der Waals surface area (Å²) in [5, 5.41) is 15.5. The van der Waals surface area contributed by atoms with E-state index in [9.17, 15) is 14.4 Å². The van der Waals surface area contributed by atoms with E-state index in [-0.39, 0.29) is 24.3 Å². The summed E-state index contributed by atoms with van der Waals surface area (Å²) in [5.74, 6) is -2.28. The number of carbonyl (C=O) groups is 3. The van der Waals surface area contributed by atoms with Crippen molar-refractivity contribution in [2.24, 2.45) is 11.8 Å². The molecule has 3 aliphatic rings. The molecule has 3 N–H and O–H groups in total. The summed E-state index contributed by atoms with van der Waals surface area (Å²) in [7, 11) is 0. The van der Waals surface area contributed by atoms with Crippen LogP contribution < -0.4 is 10.6 Å². The Hall–Kier alpha value is -2.94. The summed E-state index contributed by atoms with van der Waals surface area (Å²) in [4.78, 5) is 43.6. The monoisotopic (exact) mass is 553 g/mol. The minimum atomic E-state index is -1.10. The lowest BCUT2D eigenvalue weighted by Gasteiger charge is -2.34. The van der Waals surface area contributed by atoms with Crippen LogP contribution in [0.25, 0.3) is 0 Å². The van der Waals surface area contributed by atoms with E-state index >= 15 is 0 Å². The minimum Gasteiger partial charge on any atom is -0.396 e. The van der Waals surface area contributed by atoms with Crippen LogP contribution in [-0.4, -0.2) is 58.1 Å². The van der Waals surface area contributed by atoms with Crippen molar-refractivity contribution in [3.8, 4) is 0 Å². The zero-order valence-electron chi connectivity index (χ0n) is 22.2. The third-order valence-electron chi connectivity index (χ3n) is 8.69. The van der Waals surface area contributed by atoms with E-state index in [0.29, 0.717) is 55.0 Å². The molecule has 2 bridgehead atoms. The van der Waals surface area contributed by atoms with Gasteiger partial charge in [0, 0.05) is 18.8 Å². The van der Waals surface area contributed by atoms with E-state index in [1.165, 1.54) is 0 Å². The number of para-hydroxylation sites is 2. The molecule has 0 aliphatic carbocycles. The summed E-state index contributed by atoms with van der Waals surface area (Å²) in [5.41, 5.74) is -0.780. The summed E-state index contributed by atoms with van der Waals surface area (Å²) in [6, 6.07) is 15.3. The summed E-state index contributed by atoms with van der Waals surface area (Å²) in [6.07, 6.45) is 4.71. The molecule has 9 heteroatoms. The lowest BCUT2D eigenvalue weighted by atomic mass is 9.65. The maximum absolute atomic E-state index is 14.2. The molecule has 1 spiro atoms. The molecule has 3 aliphatic heterocycles. The zero-order chi connectivity index (χ0) is 27.6. The molecule has 3 heterocycles. The van der Waals surface area contributed by atoms with Gasteiger partial charge >= 0.3 is 0 Å². The molecule has 3 amide bonds. The zero-order valence-corrected chi connectivity index (χ0v) is 23.0. The molecule has 5 atom stereocenters. The quantitative estimate of drug-likeness (QED) is 0.352. The number of nitrogens with zero attached hydrogens (tertiary/aromatic N) is 1. The number of rotatable bonds is 11. The molecule has 2 aromatic carbocycles. The average Bonchev–Trinajstić information content (AvgIpc) is 3.54. The summed E-state index contributed by atoms with van der Waals surface area (Å²) < 4.78 is 6.79. The average molecular weight is 554 g/mol. The van der Waals surface area contributed by atoms with Crippen molar-refractivity contribution in [2.45, 2.75) is 69.1 Å². The normalized spacial score (nSPS) is 28.9. The van der Waals surface area contributed by atoms with Crippen LogP contribution in [0.1, 0.15) is 51.9 Å². The number of amides is 3. The van der Waals surface area contributed by atoms with E-state index in [0.717, 1.165) is 12.8 Å². The predicted molar refractivity (Wildman–Crippen MR) is 149 cm³/mol. The van der Waals surface area contributed by atoms with Crippen molar-refractivity contribution in [3.63, 3.8) is 0 Å². The van der Waals surface area contributed by atoms with E-state index in [2.05, 4.69) is 10.6 Å². The first-order valence-corrected chi connectivity index (χ1v) is 14.3. The van der Waals surface area contributed by atoms with Crippen LogP contribution in [0.3, 0.4) is 0 Å². The number of ether oxygens (including phenoxy) is 1. The molecular weight excluding hydrogens is 518 g/mol. The molecule has 0 saturated carbocycles. The smallest absolute Gasteiger partial charge is 0.250 e. The van der Waals surface area contributed by atoms with Gasteiger partial charge in [-0.25, -0.2) is 0 Å². The number of fused-ring (bicyclic) bond motifs is 1. The molecule has 0 aromatic heterocycles. The second-order valence-corrected chi connectivity index (χ2v) is 11.2. The standard InChI is InChI=1S/C30H36ClN3O5/c1-2-29-16-17-30(39-29)24(23(29)26(36)32-20-12-6-5-7-13-20)28(38)34(18-10-3-4-11-19-35)25(30)27(37)33-22-15-9-8-14-21(22)31/h5-9,12-15,23-25,35H,2-4,10-11,16-19H2,1H3,(H,32,36)(H,33,37)/t23-,24+,25?,29+,30?/m1/s1. The van der Waals surface area contributed by atoms with Gasteiger partial charge < -0.3 is 25.4 Å². The molecule has 8 nitrogen and oxygen atoms in total. The Labute approximate surface area is 234 Å². The maximum Gasteiger partial charge on any atom is 0.250 e. The fourth-order valence-corrected chi connectivity index (χ4v) is 7.09. The summed E-state index contributed by atoms with van der Waals surface area (Å²) in [6.45, 7) is 2.48. The van der Waals surface area contributed by atoms with E-state index < -0.39 is 29.1 Å². The van der Waals surface area contributed by atoms with Gasteiger partial charge in [-0.2, -0.15) is 0 Å². The Balaban J connectivity index is 1.48. The first kappa shape index (κ1) is 27.6. The fraction of sp³-hybridized carbons (Fsp3) is 0.500. The number of hydrogen-bond donors (Lipinski definition) is 3. The van der Waals surface area contributed by atoms with Gasteiger partial charge in [0.2, 0.25) is 17.7 Å². The van der Waals surface area contributed by atoms with Crippen molar-refractivity contribution in [2.75, 3.05) is 23.8 Å². The largest absolute Gasteiger partial charge is 0.396 e. The highest BCUT2D eigenvalue weighted by atomic mass is 35.5. The van der Waals surface area contributed by atoms with Gasteiger partial charge in [-0.05, 0) is 56.4 Å². The number of halogens is 1. The first-order valence-electron chi connectivity index (χ1n) is 13.9. The lowest BCUT2D eigenvalue weighted by Crippen LogP contribution is -2.53. The second kappa shape index (κ2) is 11.3. The van der Waals surface area contributed by atoms with Crippen LogP contribution in [-0.2, 0) is 19.1 Å². The minimum absolute atomic E-state index is 0.127. The van der Waals surface area contributed by atoms with E-state index in [4.69, 9.17) is 21.4 Å². The van der Waals surface area contributed by atoms with Gasteiger partial charge in [0.25, 0.3) is 0 Å². The van der Waals surface area contributed by atoms with Crippen LogP contribution >= 0.6 is 11.6 Å². The van der Waals surface area contributed by atoms with E-state index in [1.54, 1.807) is 29.2 Å². The number of unbranched alkanes of at least 4 members (excludes halogenated alkanes) is 3. The predicted octanol–water partition coefficient (Wildman–Crippen LogP) is 4.62. The molecule has 208 valence electrons. The maximum atomic E-state index is 14.2. The number of likely N-dealkylation sites (tertiary alicyclic amines) is 1. The third kappa shape index (κ3) is 4.83. The number of aliphatic hydroxyl groups excluding tert-OH is 1. The first-order chi connectivity index (χ1) is 18.9. The number of hydrogen-bond acceptors (Lipinski definition) is 5. The topological polar surface area (TPSA) is 108 Å². The summed E-state index contributed by atoms with van der Waals surface area (Å²) >= 11 is 6.35. The van der Waals surface area contributed by atoms with Crippen molar-refractivity contribution in [1.29, 1.82) is 0 Å². The molecule has 2 aromatic rings. The third-order valence-corrected chi connectivity index (χ3v) is 9.02. The fourth-order valence-electron chi connectivity index (χ4n) is 6.91. The van der Waals surface area contributed by atoms with Gasteiger partial charge in [-0.3, -0.25) is 14.4 Å². The second-order valence-electron chi connectivity index (χ2n) is 10.8. The number of benzene rings is 2. The van der Waals surface area contributed by atoms with Gasteiger partial charge in [0.1, 0.15) is 11.6 Å². The molecule has 3 fully saturated rings. The van der Waals surface area contributed by atoms with Crippen molar-refractivity contribution in [1.82, 2.24) is 4.90 Å². The highest BCUT2D eigenvalue weighted by Crippen LogP contribution is 2.64. The van der Waals surface area contributed by atoms with Gasteiger partial charge in [-0.15, -0.1) is 0 Å². The van der Waals surface area contributed by atoms with Crippen LogP contribution in [0.5, 0.6) is 0 Å². The number of nitrogens with one attached hydrogen (secondary N) is 2. The molecular formula is C30H36ClN3O5. The van der Waals surface area contributed by atoms with Crippen molar-refractivity contribution in [3.05, 3.63) is 59.6 Å². The van der Waals surface area contributed by atoms with Crippen LogP contribution in [0, 0.1) is 11.8 Å². The number of aliphatic hydroxyl groups is 1. The molecule has 2 unspecified atom stereocenters. The molecule has 39 heavy (non-hydrogen) atoms. The van der Waals surface area contributed by atoms with Crippen LogP contribution in [0.15, 0.2) is 54.6 Å². The number of carbonyl (C=O) groups excluding carboxylic acids is 3. The van der Waals surface area contributed by atoms with Gasteiger partial charge in [-0.1, -0.05) is 61.7 Å². The highest BCUT2D eigenvalue weighted by molar-refractivity contribution is 6.33. The Kier molecular flexibility index (Phi) is 7.99.